The van der Waals surface area contributed by atoms with E-state index in [0.717, 1.165) is 33.9 Å². The first-order valence-electron chi connectivity index (χ1n) is 6.41. The van der Waals surface area contributed by atoms with Gasteiger partial charge in [0.1, 0.15) is 0 Å². The molecule has 106 valence electrons. The topological polar surface area (TPSA) is 50.3 Å². The quantitative estimate of drug-likeness (QED) is 0.857. The Labute approximate surface area is 123 Å². The molecule has 1 aliphatic rings. The molecule has 0 bridgehead atoms. The average molecular weight is 308 g/mol. The fourth-order valence-corrected chi connectivity index (χ4v) is 4.65. The molecule has 1 aromatic carbocycles. The Kier molecular flexibility index (Phi) is 3.10. The summed E-state index contributed by atoms with van der Waals surface area (Å²) in [5.74, 6) is 0. The van der Waals surface area contributed by atoms with Crippen molar-refractivity contribution in [2.45, 2.75) is 26.3 Å². The average Bonchev–Trinajstić information content (AvgIpc) is 2.89. The van der Waals surface area contributed by atoms with E-state index in [0.29, 0.717) is 0 Å². The van der Waals surface area contributed by atoms with Crippen LogP contribution in [0.15, 0.2) is 23.6 Å². The highest BCUT2D eigenvalue weighted by Gasteiger charge is 2.32. The molecular weight excluding hydrogens is 292 g/mol. The number of aryl methyl sites for hydroxylation is 1. The zero-order chi connectivity index (χ0) is 14.5. The van der Waals surface area contributed by atoms with Gasteiger partial charge in [0, 0.05) is 17.0 Å². The van der Waals surface area contributed by atoms with Gasteiger partial charge in [-0.2, -0.15) is 0 Å². The minimum Gasteiger partial charge on any atom is -0.267 e. The number of nitrogens with zero attached hydrogens (tertiary/aromatic N) is 2. The number of rotatable bonds is 2. The lowest BCUT2D eigenvalue weighted by Crippen LogP contribution is -2.34. The van der Waals surface area contributed by atoms with Crippen LogP contribution < -0.4 is 4.31 Å². The molecule has 1 aromatic heterocycles. The second-order valence-electron chi connectivity index (χ2n) is 5.21. The van der Waals surface area contributed by atoms with Crippen molar-refractivity contribution in [3.05, 3.63) is 34.2 Å². The summed E-state index contributed by atoms with van der Waals surface area (Å²) in [5, 5.41) is 3.07. The number of sulfonamides is 1. The molecule has 4 nitrogen and oxygen atoms in total. The summed E-state index contributed by atoms with van der Waals surface area (Å²) in [7, 11) is -3.22. The number of benzene rings is 1. The fraction of sp³-hybridized carbons (Fsp3) is 0.357. The van der Waals surface area contributed by atoms with Crippen LogP contribution in [0.1, 0.15) is 17.5 Å². The molecule has 0 spiro atoms. The lowest BCUT2D eigenvalue weighted by molar-refractivity contribution is 0.590. The van der Waals surface area contributed by atoms with Crippen LogP contribution in [-0.2, 0) is 16.4 Å². The highest BCUT2D eigenvalue weighted by atomic mass is 32.2. The van der Waals surface area contributed by atoms with E-state index in [1.54, 1.807) is 11.3 Å². The lowest BCUT2D eigenvalue weighted by Gasteiger charge is -2.21. The van der Waals surface area contributed by atoms with Crippen LogP contribution in [0, 0.1) is 6.92 Å². The van der Waals surface area contributed by atoms with Gasteiger partial charge in [-0.3, -0.25) is 4.31 Å². The zero-order valence-electron chi connectivity index (χ0n) is 11.6. The van der Waals surface area contributed by atoms with Crippen LogP contribution in [0.25, 0.3) is 11.3 Å². The molecule has 2 aromatic rings. The van der Waals surface area contributed by atoms with Crippen LogP contribution in [-0.4, -0.2) is 25.7 Å². The summed E-state index contributed by atoms with van der Waals surface area (Å²) in [6.45, 7) is 3.92. The molecule has 1 unspecified atom stereocenters. The standard InChI is InChI=1S/C14H16N2O2S2/c1-9-6-12-7-11(13-8-19-10(2)15-13)4-5-14(12)16(9)20(3,17)18/h4-5,7-9H,6H2,1-3H3. The Morgan fingerprint density at radius 1 is 1.40 bits per heavy atom. The van der Waals surface area contributed by atoms with Crippen LogP contribution in [0.3, 0.4) is 0 Å². The number of fused-ring (bicyclic) bond motifs is 1. The van der Waals surface area contributed by atoms with Crippen molar-refractivity contribution in [1.82, 2.24) is 4.98 Å². The van der Waals surface area contributed by atoms with Gasteiger partial charge in [0.2, 0.25) is 10.0 Å². The van der Waals surface area contributed by atoms with Crippen molar-refractivity contribution < 1.29 is 8.42 Å². The first-order valence-corrected chi connectivity index (χ1v) is 9.14. The van der Waals surface area contributed by atoms with Crippen molar-refractivity contribution in [2.75, 3.05) is 10.6 Å². The van der Waals surface area contributed by atoms with E-state index < -0.39 is 10.0 Å². The largest absolute Gasteiger partial charge is 0.267 e. The first kappa shape index (κ1) is 13.6. The Morgan fingerprint density at radius 2 is 2.15 bits per heavy atom. The van der Waals surface area contributed by atoms with Crippen molar-refractivity contribution in [2.24, 2.45) is 0 Å². The molecule has 3 rings (SSSR count). The van der Waals surface area contributed by atoms with Gasteiger partial charge in [-0.15, -0.1) is 11.3 Å². The molecule has 6 heteroatoms. The number of thiazole rings is 1. The van der Waals surface area contributed by atoms with E-state index in [1.165, 1.54) is 10.6 Å². The Morgan fingerprint density at radius 3 is 2.75 bits per heavy atom. The molecule has 0 aliphatic carbocycles. The van der Waals surface area contributed by atoms with Crippen LogP contribution in [0.2, 0.25) is 0 Å². The molecule has 2 heterocycles. The first-order chi connectivity index (χ1) is 9.36. The maximum absolute atomic E-state index is 11.9. The second-order valence-corrected chi connectivity index (χ2v) is 8.13. The number of aromatic nitrogens is 1. The van der Waals surface area contributed by atoms with Crippen molar-refractivity contribution >= 4 is 27.0 Å². The van der Waals surface area contributed by atoms with Crippen molar-refractivity contribution in [3.8, 4) is 11.3 Å². The third kappa shape index (κ3) is 2.23. The molecule has 0 fully saturated rings. The summed E-state index contributed by atoms with van der Waals surface area (Å²) in [6.07, 6.45) is 2.01. The predicted octanol–water partition coefficient (Wildman–Crippen LogP) is 2.83. The van der Waals surface area contributed by atoms with Crippen LogP contribution >= 0.6 is 11.3 Å². The molecule has 20 heavy (non-hydrogen) atoms. The number of anilines is 1. The normalized spacial score (nSPS) is 18.4. The minimum atomic E-state index is -3.22. The van der Waals surface area contributed by atoms with Gasteiger partial charge in [0.15, 0.2) is 0 Å². The lowest BCUT2D eigenvalue weighted by atomic mass is 10.1. The second kappa shape index (κ2) is 4.56. The Bertz CT molecular complexity index is 765. The van der Waals surface area contributed by atoms with E-state index in [1.807, 2.05) is 31.4 Å². The Balaban J connectivity index is 2.06. The van der Waals surface area contributed by atoms with Gasteiger partial charge >= 0.3 is 0 Å². The van der Waals surface area contributed by atoms with Gasteiger partial charge in [0.05, 0.1) is 22.6 Å². The molecule has 0 saturated carbocycles. The molecule has 1 aliphatic heterocycles. The van der Waals surface area contributed by atoms with Gasteiger partial charge in [-0.1, -0.05) is 6.07 Å². The summed E-state index contributed by atoms with van der Waals surface area (Å²) in [6, 6.07) is 5.88. The SMILES string of the molecule is Cc1nc(-c2ccc3c(c2)CC(C)N3S(C)(=O)=O)cs1. The number of hydrogen-bond acceptors (Lipinski definition) is 4. The predicted molar refractivity (Wildman–Crippen MR) is 82.8 cm³/mol. The van der Waals surface area contributed by atoms with Gasteiger partial charge in [0.25, 0.3) is 0 Å². The fourth-order valence-electron chi connectivity index (χ4n) is 2.76. The van der Waals surface area contributed by atoms with Crippen LogP contribution in [0.4, 0.5) is 5.69 Å². The smallest absolute Gasteiger partial charge is 0.232 e. The highest BCUT2D eigenvalue weighted by molar-refractivity contribution is 7.92. The number of hydrogen-bond donors (Lipinski definition) is 0. The molecule has 1 atom stereocenters. The molecule has 0 N–H and O–H groups in total. The molecule has 0 radical (unpaired) electrons. The Hall–Kier alpha value is -1.40. The van der Waals surface area contributed by atoms with Crippen molar-refractivity contribution in [3.63, 3.8) is 0 Å². The summed E-state index contributed by atoms with van der Waals surface area (Å²) in [4.78, 5) is 4.48. The zero-order valence-corrected chi connectivity index (χ0v) is 13.3. The molecular formula is C14H16N2O2S2. The highest BCUT2D eigenvalue weighted by Crippen LogP contribution is 2.36. The van der Waals surface area contributed by atoms with E-state index >= 15 is 0 Å². The maximum atomic E-state index is 11.9. The third-order valence-electron chi connectivity index (χ3n) is 3.50. The maximum Gasteiger partial charge on any atom is 0.232 e. The van der Waals surface area contributed by atoms with Gasteiger partial charge in [-0.25, -0.2) is 13.4 Å². The van der Waals surface area contributed by atoms with E-state index in [9.17, 15) is 8.42 Å². The van der Waals surface area contributed by atoms with E-state index in [4.69, 9.17) is 0 Å². The monoisotopic (exact) mass is 308 g/mol. The van der Waals surface area contributed by atoms with Crippen LogP contribution in [0.5, 0.6) is 0 Å². The van der Waals surface area contributed by atoms with E-state index in [-0.39, 0.29) is 6.04 Å². The van der Waals surface area contributed by atoms with Crippen molar-refractivity contribution in [1.29, 1.82) is 0 Å². The molecule has 0 amide bonds. The summed E-state index contributed by atoms with van der Waals surface area (Å²) < 4.78 is 25.3. The third-order valence-corrected chi connectivity index (χ3v) is 5.55. The summed E-state index contributed by atoms with van der Waals surface area (Å²) in [5.41, 5.74) is 3.89. The summed E-state index contributed by atoms with van der Waals surface area (Å²) >= 11 is 1.62. The van der Waals surface area contributed by atoms with Gasteiger partial charge in [-0.05, 0) is 38.0 Å². The minimum absolute atomic E-state index is 0.0209. The van der Waals surface area contributed by atoms with Gasteiger partial charge < -0.3 is 0 Å². The van der Waals surface area contributed by atoms with E-state index in [2.05, 4.69) is 11.1 Å². The molecule has 0 saturated heterocycles.